The smallest absolute Gasteiger partial charge is 0.150 e. The minimum Gasteiger partial charge on any atom is -0.316 e. The number of nitrogens with zero attached hydrogens (tertiary/aromatic N) is 1. The van der Waals surface area contributed by atoms with Crippen LogP contribution in [0.1, 0.15) is 25.7 Å². The summed E-state index contributed by atoms with van der Waals surface area (Å²) < 4.78 is 22.3. The van der Waals surface area contributed by atoms with E-state index in [9.17, 15) is 8.42 Å². The van der Waals surface area contributed by atoms with Gasteiger partial charge in [-0.15, -0.1) is 0 Å². The Bertz CT molecular complexity index is 319. The maximum absolute atomic E-state index is 11.2. The van der Waals surface area contributed by atoms with Crippen LogP contribution in [0.25, 0.3) is 0 Å². The Morgan fingerprint density at radius 2 is 2.20 bits per heavy atom. The molecule has 0 aromatic heterocycles. The molecule has 1 saturated heterocycles. The summed E-state index contributed by atoms with van der Waals surface area (Å²) in [6, 6.07) is 2.10. The van der Waals surface area contributed by atoms with Crippen molar-refractivity contribution in [3.63, 3.8) is 0 Å². The maximum Gasteiger partial charge on any atom is 0.150 e. The fourth-order valence-electron chi connectivity index (χ4n) is 1.79. The molecule has 86 valence electrons. The van der Waals surface area contributed by atoms with Gasteiger partial charge in [0.05, 0.1) is 17.6 Å². The highest BCUT2D eigenvalue weighted by atomic mass is 32.2. The first-order chi connectivity index (χ1) is 7.14. The van der Waals surface area contributed by atoms with Gasteiger partial charge in [0.2, 0.25) is 0 Å². The van der Waals surface area contributed by atoms with Gasteiger partial charge in [-0.25, -0.2) is 8.42 Å². The van der Waals surface area contributed by atoms with Crippen LogP contribution in [0.3, 0.4) is 0 Å². The van der Waals surface area contributed by atoms with Gasteiger partial charge in [0.15, 0.2) is 9.84 Å². The summed E-state index contributed by atoms with van der Waals surface area (Å²) in [6.07, 6.45) is 3.33. The molecular formula is C10H18N2O2S. The molecule has 1 aliphatic rings. The van der Waals surface area contributed by atoms with Crippen molar-refractivity contribution in [3.05, 3.63) is 0 Å². The normalized spacial score (nSPS) is 23.8. The molecule has 0 bridgehead atoms. The van der Waals surface area contributed by atoms with E-state index in [1.165, 1.54) is 0 Å². The molecule has 0 radical (unpaired) electrons. The van der Waals surface area contributed by atoms with E-state index in [4.69, 9.17) is 5.26 Å². The Hall–Kier alpha value is -0.600. The molecule has 1 rings (SSSR count). The van der Waals surface area contributed by atoms with Crippen molar-refractivity contribution in [2.24, 2.45) is 5.92 Å². The van der Waals surface area contributed by atoms with Crippen molar-refractivity contribution < 1.29 is 8.42 Å². The molecule has 1 fully saturated rings. The average molecular weight is 230 g/mol. The van der Waals surface area contributed by atoms with Gasteiger partial charge in [0.1, 0.15) is 0 Å². The predicted octanol–water partition coefficient (Wildman–Crippen LogP) is 0.705. The van der Waals surface area contributed by atoms with Crippen LogP contribution in [0, 0.1) is 17.2 Å². The van der Waals surface area contributed by atoms with Gasteiger partial charge in [-0.2, -0.15) is 5.26 Å². The van der Waals surface area contributed by atoms with Gasteiger partial charge >= 0.3 is 0 Å². The summed E-state index contributed by atoms with van der Waals surface area (Å²) in [5.41, 5.74) is 0. The van der Waals surface area contributed by atoms with E-state index in [0.29, 0.717) is 23.8 Å². The minimum absolute atomic E-state index is 0.297. The zero-order chi connectivity index (χ0) is 11.1. The van der Waals surface area contributed by atoms with Crippen molar-refractivity contribution in [1.82, 2.24) is 5.32 Å². The van der Waals surface area contributed by atoms with Crippen LogP contribution in [0.2, 0.25) is 0 Å². The van der Waals surface area contributed by atoms with E-state index in [1.807, 2.05) is 0 Å². The van der Waals surface area contributed by atoms with E-state index in [2.05, 4.69) is 11.4 Å². The summed E-state index contributed by atoms with van der Waals surface area (Å²) in [6.45, 7) is 1.68. The molecule has 0 saturated carbocycles. The highest BCUT2D eigenvalue weighted by Crippen LogP contribution is 2.17. The average Bonchev–Trinajstić information content (AvgIpc) is 2.52. The van der Waals surface area contributed by atoms with Crippen LogP contribution in [0.5, 0.6) is 0 Å². The zero-order valence-electron chi connectivity index (χ0n) is 8.91. The predicted molar refractivity (Wildman–Crippen MR) is 59.1 cm³/mol. The number of nitriles is 1. The van der Waals surface area contributed by atoms with Crippen molar-refractivity contribution in [3.8, 4) is 6.07 Å². The standard InChI is InChI=1S/C10H18N2O2S/c11-5-2-1-3-6-12-8-10-4-7-15(13,14)9-10/h10,12H,1-4,6-9H2. The number of hydrogen-bond acceptors (Lipinski definition) is 4. The molecule has 1 aliphatic heterocycles. The monoisotopic (exact) mass is 230 g/mol. The molecule has 0 aromatic carbocycles. The zero-order valence-corrected chi connectivity index (χ0v) is 9.72. The first-order valence-corrected chi connectivity index (χ1v) is 7.24. The van der Waals surface area contributed by atoms with Crippen molar-refractivity contribution in [2.75, 3.05) is 24.6 Å². The SMILES string of the molecule is N#CCCCCNCC1CCS(=O)(=O)C1. The Kier molecular flexibility index (Phi) is 5.06. The quantitative estimate of drug-likeness (QED) is 0.682. The van der Waals surface area contributed by atoms with Crippen LogP contribution in [-0.2, 0) is 9.84 Å². The first kappa shape index (κ1) is 12.5. The molecule has 1 atom stereocenters. The molecule has 5 heteroatoms. The van der Waals surface area contributed by atoms with E-state index in [1.54, 1.807) is 0 Å². The van der Waals surface area contributed by atoms with Crippen LogP contribution in [0.15, 0.2) is 0 Å². The lowest BCUT2D eigenvalue weighted by atomic mass is 10.1. The van der Waals surface area contributed by atoms with Gasteiger partial charge < -0.3 is 5.32 Å². The molecule has 0 amide bonds. The van der Waals surface area contributed by atoms with E-state index in [0.717, 1.165) is 32.4 Å². The molecule has 1 unspecified atom stereocenters. The molecule has 0 spiro atoms. The lowest BCUT2D eigenvalue weighted by molar-refractivity contribution is 0.511. The van der Waals surface area contributed by atoms with Crippen LogP contribution < -0.4 is 5.32 Å². The van der Waals surface area contributed by atoms with Crippen molar-refractivity contribution in [2.45, 2.75) is 25.7 Å². The van der Waals surface area contributed by atoms with E-state index >= 15 is 0 Å². The second kappa shape index (κ2) is 6.09. The van der Waals surface area contributed by atoms with Gasteiger partial charge in [-0.05, 0) is 38.3 Å². The molecule has 15 heavy (non-hydrogen) atoms. The Balaban J connectivity index is 2.00. The Morgan fingerprint density at radius 1 is 1.40 bits per heavy atom. The lowest BCUT2D eigenvalue weighted by Crippen LogP contribution is -2.24. The third-order valence-corrected chi connectivity index (χ3v) is 4.49. The molecule has 0 aliphatic carbocycles. The van der Waals surface area contributed by atoms with E-state index < -0.39 is 9.84 Å². The van der Waals surface area contributed by atoms with Crippen LogP contribution >= 0.6 is 0 Å². The van der Waals surface area contributed by atoms with E-state index in [-0.39, 0.29) is 0 Å². The third kappa shape index (κ3) is 5.14. The van der Waals surface area contributed by atoms with Crippen molar-refractivity contribution >= 4 is 9.84 Å². The molecule has 0 aromatic rings. The highest BCUT2D eigenvalue weighted by Gasteiger charge is 2.27. The Labute approximate surface area is 91.6 Å². The summed E-state index contributed by atoms with van der Waals surface area (Å²) in [4.78, 5) is 0. The first-order valence-electron chi connectivity index (χ1n) is 5.42. The van der Waals surface area contributed by atoms with Gasteiger partial charge in [0, 0.05) is 6.42 Å². The van der Waals surface area contributed by atoms with Crippen molar-refractivity contribution in [1.29, 1.82) is 5.26 Å². The Morgan fingerprint density at radius 3 is 2.80 bits per heavy atom. The number of sulfone groups is 1. The largest absolute Gasteiger partial charge is 0.316 e. The maximum atomic E-state index is 11.2. The fraction of sp³-hybridized carbons (Fsp3) is 0.900. The summed E-state index contributed by atoms with van der Waals surface area (Å²) in [7, 11) is -2.73. The minimum atomic E-state index is -2.73. The molecule has 1 N–H and O–H groups in total. The van der Waals surface area contributed by atoms with Gasteiger partial charge in [0.25, 0.3) is 0 Å². The van der Waals surface area contributed by atoms with Gasteiger partial charge in [-0.3, -0.25) is 0 Å². The second-order valence-corrected chi connectivity index (χ2v) is 6.32. The topological polar surface area (TPSA) is 70.0 Å². The number of rotatable bonds is 6. The molecule has 4 nitrogen and oxygen atoms in total. The second-order valence-electron chi connectivity index (χ2n) is 4.09. The summed E-state index contributed by atoms with van der Waals surface area (Å²) >= 11 is 0. The van der Waals surface area contributed by atoms with Crippen LogP contribution in [-0.4, -0.2) is 33.0 Å². The summed E-state index contributed by atoms with van der Waals surface area (Å²) in [5.74, 6) is 0.998. The lowest BCUT2D eigenvalue weighted by Gasteiger charge is -2.08. The summed E-state index contributed by atoms with van der Waals surface area (Å²) in [5, 5.41) is 11.6. The molecular weight excluding hydrogens is 212 g/mol. The van der Waals surface area contributed by atoms with Gasteiger partial charge in [-0.1, -0.05) is 0 Å². The fourth-order valence-corrected chi connectivity index (χ4v) is 3.66. The number of nitrogens with one attached hydrogen (secondary N) is 1. The van der Waals surface area contributed by atoms with Crippen LogP contribution in [0.4, 0.5) is 0 Å². The third-order valence-electron chi connectivity index (χ3n) is 2.65. The number of unbranched alkanes of at least 4 members (excludes halogenated alkanes) is 2. The number of hydrogen-bond donors (Lipinski definition) is 1. The highest BCUT2D eigenvalue weighted by molar-refractivity contribution is 7.91. The molecule has 1 heterocycles.